The number of esters is 3. The van der Waals surface area contributed by atoms with Crippen LogP contribution in [0, 0.1) is 0 Å². The Labute approximate surface area is 154 Å². The van der Waals surface area contributed by atoms with Gasteiger partial charge in [-0.1, -0.05) is 27.2 Å². The van der Waals surface area contributed by atoms with Crippen LogP contribution in [0.4, 0.5) is 0 Å². The van der Waals surface area contributed by atoms with Gasteiger partial charge in [0.05, 0.1) is 25.0 Å². The Morgan fingerprint density at radius 1 is 0.808 bits per heavy atom. The van der Waals surface area contributed by atoms with Crippen molar-refractivity contribution in [2.75, 3.05) is 13.2 Å². The van der Waals surface area contributed by atoms with Gasteiger partial charge in [-0.2, -0.15) is 0 Å². The van der Waals surface area contributed by atoms with Crippen LogP contribution < -0.4 is 0 Å². The summed E-state index contributed by atoms with van der Waals surface area (Å²) in [6, 6.07) is 0. The van der Waals surface area contributed by atoms with Crippen LogP contribution in [-0.2, 0) is 28.6 Å². The van der Waals surface area contributed by atoms with Gasteiger partial charge >= 0.3 is 17.9 Å². The molecule has 0 saturated heterocycles. The molecule has 0 amide bonds. The molecule has 0 radical (unpaired) electrons. The van der Waals surface area contributed by atoms with Crippen molar-refractivity contribution in [2.45, 2.75) is 84.0 Å². The van der Waals surface area contributed by atoms with E-state index in [1.165, 1.54) is 0 Å². The molecule has 26 heavy (non-hydrogen) atoms. The molecule has 8 nitrogen and oxygen atoms in total. The van der Waals surface area contributed by atoms with Gasteiger partial charge in [0, 0.05) is 6.42 Å². The van der Waals surface area contributed by atoms with Gasteiger partial charge in [0.15, 0.2) is 6.10 Å². The summed E-state index contributed by atoms with van der Waals surface area (Å²) in [5, 5.41) is 18.9. The molecule has 0 aliphatic rings. The maximum Gasteiger partial charge on any atom is 0.308 e. The van der Waals surface area contributed by atoms with Crippen LogP contribution in [0.25, 0.3) is 0 Å². The summed E-state index contributed by atoms with van der Waals surface area (Å²) < 4.78 is 15.2. The number of hydrogen-bond acceptors (Lipinski definition) is 8. The number of aliphatic hydroxyl groups excluding tert-OH is 2. The van der Waals surface area contributed by atoms with Gasteiger partial charge in [0.25, 0.3) is 0 Å². The molecule has 0 aromatic heterocycles. The third kappa shape index (κ3) is 12.7. The van der Waals surface area contributed by atoms with Crippen molar-refractivity contribution in [3.05, 3.63) is 0 Å². The summed E-state index contributed by atoms with van der Waals surface area (Å²) in [6.45, 7) is 4.88. The molecule has 0 aliphatic carbocycles. The van der Waals surface area contributed by atoms with Gasteiger partial charge in [0.1, 0.15) is 13.2 Å². The molecule has 0 aromatic rings. The molecule has 8 heteroatoms. The second-order valence-electron chi connectivity index (χ2n) is 6.11. The molecule has 3 unspecified atom stereocenters. The largest absolute Gasteiger partial charge is 0.462 e. The number of ether oxygens (including phenoxy) is 3. The minimum Gasteiger partial charge on any atom is -0.462 e. The summed E-state index contributed by atoms with van der Waals surface area (Å²) in [6.07, 6.45) is -0.328. The molecule has 0 heterocycles. The smallest absolute Gasteiger partial charge is 0.308 e. The molecular formula is C18H32O8. The van der Waals surface area contributed by atoms with Gasteiger partial charge in [0.2, 0.25) is 0 Å². The van der Waals surface area contributed by atoms with Gasteiger partial charge in [-0.3, -0.25) is 14.4 Å². The summed E-state index contributed by atoms with van der Waals surface area (Å²) in [4.78, 5) is 35.0. The molecule has 0 fully saturated rings. The number of aliphatic hydroxyl groups is 2. The van der Waals surface area contributed by atoms with E-state index in [-0.39, 0.29) is 32.5 Å². The van der Waals surface area contributed by atoms with Crippen molar-refractivity contribution in [3.63, 3.8) is 0 Å². The Balaban J connectivity index is 4.54. The highest BCUT2D eigenvalue weighted by atomic mass is 16.6. The van der Waals surface area contributed by atoms with Gasteiger partial charge in [-0.05, 0) is 19.3 Å². The van der Waals surface area contributed by atoms with Crippen molar-refractivity contribution < 1.29 is 38.8 Å². The Bertz CT molecular complexity index is 423. The highest BCUT2D eigenvalue weighted by molar-refractivity contribution is 5.71. The van der Waals surface area contributed by atoms with E-state index >= 15 is 0 Å². The number of rotatable bonds is 14. The third-order valence-corrected chi connectivity index (χ3v) is 3.64. The van der Waals surface area contributed by atoms with Crippen molar-refractivity contribution in [1.82, 2.24) is 0 Å². The quantitative estimate of drug-likeness (QED) is 0.346. The minimum absolute atomic E-state index is 0.165. The Hall–Kier alpha value is -1.67. The lowest BCUT2D eigenvalue weighted by Crippen LogP contribution is -2.32. The zero-order valence-corrected chi connectivity index (χ0v) is 15.9. The first-order chi connectivity index (χ1) is 12.3. The summed E-state index contributed by atoms with van der Waals surface area (Å²) in [5.74, 6) is -1.72. The zero-order chi connectivity index (χ0) is 19.9. The fourth-order valence-corrected chi connectivity index (χ4v) is 1.85. The van der Waals surface area contributed by atoms with Gasteiger partial charge in [-0.15, -0.1) is 0 Å². The van der Waals surface area contributed by atoms with Gasteiger partial charge in [-0.25, -0.2) is 0 Å². The van der Waals surface area contributed by atoms with E-state index in [0.29, 0.717) is 19.3 Å². The number of unbranched alkanes of at least 4 members (excludes halogenated alkanes) is 1. The van der Waals surface area contributed by atoms with Crippen LogP contribution in [0.15, 0.2) is 0 Å². The normalized spacial score (nSPS) is 14.2. The van der Waals surface area contributed by atoms with Crippen LogP contribution >= 0.6 is 0 Å². The van der Waals surface area contributed by atoms with Crippen LogP contribution in [0.5, 0.6) is 0 Å². The lowest BCUT2D eigenvalue weighted by atomic mass is 10.2. The first-order valence-corrected chi connectivity index (χ1v) is 9.19. The minimum atomic E-state index is -0.958. The maximum atomic E-state index is 11.8. The van der Waals surface area contributed by atoms with E-state index < -0.39 is 36.2 Å². The van der Waals surface area contributed by atoms with Crippen molar-refractivity contribution >= 4 is 17.9 Å². The number of carbonyl (C=O) groups is 3. The fourth-order valence-electron chi connectivity index (χ4n) is 1.85. The Morgan fingerprint density at radius 2 is 1.31 bits per heavy atom. The van der Waals surface area contributed by atoms with E-state index in [9.17, 15) is 24.6 Å². The van der Waals surface area contributed by atoms with E-state index in [1.54, 1.807) is 13.8 Å². The molecular weight excluding hydrogens is 344 g/mol. The predicted molar refractivity (Wildman–Crippen MR) is 93.2 cm³/mol. The van der Waals surface area contributed by atoms with Crippen molar-refractivity contribution in [2.24, 2.45) is 0 Å². The number of hydrogen-bond donors (Lipinski definition) is 2. The molecule has 0 bridgehead atoms. The monoisotopic (exact) mass is 376 g/mol. The van der Waals surface area contributed by atoms with Gasteiger partial charge < -0.3 is 24.4 Å². The maximum absolute atomic E-state index is 11.8. The summed E-state index contributed by atoms with van der Waals surface area (Å²) in [5.41, 5.74) is 0. The van der Waals surface area contributed by atoms with Crippen molar-refractivity contribution in [1.29, 1.82) is 0 Å². The molecule has 0 rings (SSSR count). The molecule has 0 saturated carbocycles. The first-order valence-electron chi connectivity index (χ1n) is 9.19. The highest BCUT2D eigenvalue weighted by Gasteiger charge is 2.21. The average Bonchev–Trinajstić information content (AvgIpc) is 2.61. The van der Waals surface area contributed by atoms with E-state index in [4.69, 9.17) is 14.2 Å². The zero-order valence-electron chi connectivity index (χ0n) is 15.9. The molecule has 152 valence electrons. The molecule has 3 atom stereocenters. The SMILES string of the molecule is CCCCC(=O)OCC(COC(=O)CC(O)CC)OC(=O)CC(O)CC. The van der Waals surface area contributed by atoms with E-state index in [1.807, 2.05) is 6.92 Å². The second kappa shape index (κ2) is 14.5. The Morgan fingerprint density at radius 3 is 1.81 bits per heavy atom. The summed E-state index contributed by atoms with van der Waals surface area (Å²) >= 11 is 0. The molecule has 0 aromatic carbocycles. The van der Waals surface area contributed by atoms with Crippen LogP contribution in [0.2, 0.25) is 0 Å². The lowest BCUT2D eigenvalue weighted by Gasteiger charge is -2.19. The topological polar surface area (TPSA) is 119 Å². The molecule has 0 spiro atoms. The van der Waals surface area contributed by atoms with E-state index in [2.05, 4.69) is 0 Å². The fraction of sp³-hybridized carbons (Fsp3) is 0.833. The van der Waals surface area contributed by atoms with Crippen molar-refractivity contribution in [3.8, 4) is 0 Å². The molecule has 0 aliphatic heterocycles. The first kappa shape index (κ1) is 24.3. The lowest BCUT2D eigenvalue weighted by molar-refractivity contribution is -0.168. The molecule has 2 N–H and O–H groups in total. The van der Waals surface area contributed by atoms with E-state index in [0.717, 1.165) is 6.42 Å². The predicted octanol–water partition coefficient (Wildman–Crippen LogP) is 1.50. The Kier molecular flexibility index (Phi) is 13.6. The average molecular weight is 376 g/mol. The van der Waals surface area contributed by atoms with Crippen LogP contribution in [-0.4, -0.2) is 59.6 Å². The third-order valence-electron chi connectivity index (χ3n) is 3.64. The van der Waals surface area contributed by atoms with Crippen LogP contribution in [0.1, 0.15) is 65.7 Å². The highest BCUT2D eigenvalue weighted by Crippen LogP contribution is 2.06. The van der Waals surface area contributed by atoms with Crippen LogP contribution in [0.3, 0.4) is 0 Å². The summed E-state index contributed by atoms with van der Waals surface area (Å²) in [7, 11) is 0. The second-order valence-corrected chi connectivity index (χ2v) is 6.11. The standard InChI is InChI=1S/C18H32O8/c1-4-7-8-16(21)24-11-15(26-18(23)10-14(20)6-3)12-25-17(22)9-13(19)5-2/h13-15,19-20H,4-12H2,1-3H3. The number of carbonyl (C=O) groups excluding carboxylic acids is 3.